The number of nitrogens with two attached hydrogens (primary N) is 4. The van der Waals surface area contributed by atoms with Gasteiger partial charge in [-0.3, -0.25) is 22.8 Å². The minimum absolute atomic E-state index is 0. The van der Waals surface area contributed by atoms with Crippen LogP contribution in [0, 0.1) is 0 Å². The average Bonchev–Trinajstić information content (AvgIpc) is 1.64. The van der Waals surface area contributed by atoms with E-state index in [0.717, 1.165) is 28.1 Å². The van der Waals surface area contributed by atoms with E-state index >= 15 is 17.6 Å². The van der Waals surface area contributed by atoms with Gasteiger partial charge in [-0.25, -0.2) is 75.8 Å². The number of hydrogen-bond acceptors (Lipinski definition) is 32. The monoisotopic (exact) mass is 1400 g/mol. The number of anilines is 4. The van der Waals surface area contributed by atoms with Crippen molar-refractivity contribution in [3.8, 4) is 0 Å². The second-order valence-corrected chi connectivity index (χ2v) is 26.9. The fourth-order valence-corrected chi connectivity index (χ4v) is 14.8. The van der Waals surface area contributed by atoms with Crippen LogP contribution in [-0.4, -0.2) is 185 Å². The van der Waals surface area contributed by atoms with Gasteiger partial charge < -0.3 is 69.8 Å². The summed E-state index contributed by atoms with van der Waals surface area (Å²) in [5.41, 5.74) is 25.1. The Hall–Kier alpha value is -4.52. The number of nitrogens with one attached hydrogen (secondary N) is 2. The Bertz CT molecular complexity index is 4080. The fourth-order valence-electron chi connectivity index (χ4n) is 10.6. The first kappa shape index (κ1) is 69.3. The average molecular weight is 1400 g/mol. The number of nitrogen functional groups attached to an aromatic ring is 4. The molecule has 480 valence electrons. The SMILES string of the molecule is C.Nc1ccnc2c1ncn2[C@@H]1O[C@@H]2COP(=O)([O-])O[C@H]3[C@@H](F)[C@H](n4cnc5c(N)ncnc54)O[C@@H]3CNS(=O)(=O)O[C@H]2[C@H]1F.Nc1ccnc2c1ncn2[C@@H]1O[C@@H]2COP([O-])(=S)O[C@H]3[C@@H](F)[C@H](n4cnc5c(N)ncnc54)O[C@@H]3CNS(=O)(=O)O[C@H]2[C@H]1F.[Na+].[Na+]. The first-order valence-corrected chi connectivity index (χ1v) is 32.5. The van der Waals surface area contributed by atoms with E-state index in [1.807, 2.05) is 4.72 Å². The summed E-state index contributed by atoms with van der Waals surface area (Å²) in [4.78, 5) is 66.4. The molecular formula is C43H48F4N20Na2O17P2S3. The molecule has 8 aromatic rings. The predicted octanol–water partition coefficient (Wildman–Crippen LogP) is -7.22. The van der Waals surface area contributed by atoms with E-state index in [0.29, 0.717) is 0 Å². The summed E-state index contributed by atoms with van der Waals surface area (Å²) in [6.07, 6.45) is -18.4. The van der Waals surface area contributed by atoms with E-state index in [1.165, 1.54) is 52.6 Å². The molecule has 6 fully saturated rings. The fraction of sp³-hybridized carbons (Fsp3) is 0.488. The number of imidazole rings is 4. The van der Waals surface area contributed by atoms with Gasteiger partial charge in [-0.1, -0.05) is 19.2 Å². The molecule has 0 amide bonds. The van der Waals surface area contributed by atoms with Gasteiger partial charge in [-0.05, 0) is 12.1 Å². The van der Waals surface area contributed by atoms with Crippen LogP contribution >= 0.6 is 14.5 Å². The summed E-state index contributed by atoms with van der Waals surface area (Å²) in [5, 5.41) is 0. The molecule has 91 heavy (non-hydrogen) atoms. The Labute approximate surface area is 558 Å². The molecule has 0 saturated carbocycles. The number of rotatable bonds is 4. The van der Waals surface area contributed by atoms with Crippen molar-refractivity contribution in [1.29, 1.82) is 0 Å². The molecule has 0 radical (unpaired) electrons. The minimum atomic E-state index is -5.36. The van der Waals surface area contributed by atoms with E-state index < -0.39 is 160 Å². The van der Waals surface area contributed by atoms with E-state index in [4.69, 9.17) is 80.2 Å². The van der Waals surface area contributed by atoms with Crippen LogP contribution in [0.25, 0.3) is 44.7 Å². The zero-order chi connectivity index (χ0) is 61.9. The van der Waals surface area contributed by atoms with Crippen LogP contribution in [-0.2, 0) is 82.4 Å². The largest absolute Gasteiger partial charge is 1.00 e. The molecule has 18 atom stereocenters. The van der Waals surface area contributed by atoms with Gasteiger partial charge >= 0.3 is 79.7 Å². The Balaban J connectivity index is 0.000000193. The summed E-state index contributed by atoms with van der Waals surface area (Å²) >= 11 is 5.02. The number of halogens is 4. The van der Waals surface area contributed by atoms with Crippen molar-refractivity contribution in [3.05, 3.63) is 62.5 Å². The second kappa shape index (κ2) is 26.6. The Morgan fingerprint density at radius 3 is 1.29 bits per heavy atom. The van der Waals surface area contributed by atoms with E-state index in [9.17, 15) is 31.2 Å². The molecule has 37 nitrogen and oxygen atoms in total. The number of hydrogen-bond donors (Lipinski definition) is 6. The number of phosphoric acid groups is 1. The quantitative estimate of drug-likeness (QED) is 0.0542. The van der Waals surface area contributed by atoms with Crippen molar-refractivity contribution in [3.63, 3.8) is 0 Å². The molecule has 8 aromatic heterocycles. The third kappa shape index (κ3) is 13.3. The van der Waals surface area contributed by atoms with Gasteiger partial charge in [0.2, 0.25) is 0 Å². The van der Waals surface area contributed by atoms with Crippen molar-refractivity contribution < 1.29 is 153 Å². The smallest absolute Gasteiger partial charge is 0.780 e. The number of fused-ring (bicyclic) bond motifs is 8. The van der Waals surface area contributed by atoms with Crippen LogP contribution in [0.5, 0.6) is 0 Å². The molecule has 0 aliphatic carbocycles. The van der Waals surface area contributed by atoms with Crippen molar-refractivity contribution in [2.45, 2.75) is 106 Å². The standard InChI is InChI=1S/C21H23F2N10O9PS.C21H23F2N10O8PS2.CH4.2Na/c22-11-15-9(39-20(11)33-7-30-14-17(25)27-5-28-19(14)33)3-31-44(36,37)42-16-10(4-38-43(34,35)41-15)40-21(12(16)23)32-6-29-13-8(24)1-2-26-18(13)32;22-11-15-9(38-20(11)33-7-30-14-17(25)27-5-28-19(14)33)3-31-44(35,36)41-16-10(4-37-42(34,43)40-15)39-21(12(16)23)32-6-29-13-8(24)1-2-26-18(13)32;;;/h1-2,5-7,9-12,15-16,20-21,31H,3-4H2,(H2,24,26)(H,34,35)(H2,25,27,28);1-2,5-7,9-12,15-16,20-21,31H,3-4H2,(H2,24,26)(H,34,43)(H2,25,27,28);1H4;;/q;;;2*+1/p-2/t9-,10-,11-,12-,15-,16-,20-,21-;9-,10-,11-,12-,15-,16-,20-,21-,42?;;;/m11.../s1. The Morgan fingerprint density at radius 2 is 0.868 bits per heavy atom. The molecule has 0 aromatic carbocycles. The van der Waals surface area contributed by atoms with Crippen LogP contribution in [0.15, 0.2) is 62.5 Å². The van der Waals surface area contributed by atoms with Gasteiger partial charge in [-0.15, -0.1) is 0 Å². The molecule has 6 aliphatic rings. The van der Waals surface area contributed by atoms with Crippen LogP contribution in [0.2, 0.25) is 0 Å². The third-order valence-electron chi connectivity index (χ3n) is 14.6. The molecule has 0 spiro atoms. The zero-order valence-corrected chi connectivity index (χ0v) is 54.2. The number of nitrogens with zero attached hydrogens (tertiary/aromatic N) is 14. The number of ether oxygens (including phenoxy) is 4. The molecule has 2 unspecified atom stereocenters. The normalized spacial score (nSPS) is 34.9. The molecule has 0 bridgehead atoms. The van der Waals surface area contributed by atoms with Crippen LogP contribution in [0.1, 0.15) is 32.3 Å². The van der Waals surface area contributed by atoms with Crippen molar-refractivity contribution in [1.82, 2.24) is 77.6 Å². The number of phosphoric ester groups is 1. The van der Waals surface area contributed by atoms with Gasteiger partial charge in [-0.2, -0.15) is 26.3 Å². The summed E-state index contributed by atoms with van der Waals surface area (Å²) in [6, 6.07) is 2.97. The third-order valence-corrected chi connectivity index (χ3v) is 19.1. The second-order valence-electron chi connectivity index (χ2n) is 20.0. The molecule has 6 aliphatic heterocycles. The molecule has 10 N–H and O–H groups in total. The van der Waals surface area contributed by atoms with E-state index in [-0.39, 0.29) is 134 Å². The van der Waals surface area contributed by atoms with Crippen LogP contribution in [0.3, 0.4) is 0 Å². The summed E-state index contributed by atoms with van der Waals surface area (Å²) in [7, 11) is -14.9. The number of aromatic nitrogens is 14. The van der Waals surface area contributed by atoms with Gasteiger partial charge in [0.15, 0.2) is 83.8 Å². The summed E-state index contributed by atoms with van der Waals surface area (Å²) in [5.74, 6) is 0.0242. The summed E-state index contributed by atoms with van der Waals surface area (Å²) < 4.78 is 191. The maximum atomic E-state index is 15.9. The van der Waals surface area contributed by atoms with Gasteiger partial charge in [0.1, 0.15) is 90.3 Å². The first-order valence-electron chi connectivity index (χ1n) is 25.7. The number of alkyl halides is 4. The van der Waals surface area contributed by atoms with E-state index in [1.54, 1.807) is 0 Å². The van der Waals surface area contributed by atoms with Gasteiger partial charge in [0, 0.05) is 25.5 Å². The van der Waals surface area contributed by atoms with Crippen LogP contribution in [0.4, 0.5) is 40.6 Å². The van der Waals surface area contributed by atoms with Crippen molar-refractivity contribution >= 4 is 115 Å². The van der Waals surface area contributed by atoms with Gasteiger partial charge in [0.05, 0.1) is 49.9 Å². The Kier molecular flexibility index (Phi) is 20.3. The molecular weight excluding hydrogens is 1350 g/mol. The van der Waals surface area contributed by atoms with Crippen molar-refractivity contribution in [2.24, 2.45) is 0 Å². The van der Waals surface area contributed by atoms with Crippen molar-refractivity contribution in [2.75, 3.05) is 49.2 Å². The maximum Gasteiger partial charge on any atom is 1.00 e. The zero-order valence-electron chi connectivity index (χ0n) is 46.0. The number of pyridine rings is 2. The van der Waals surface area contributed by atoms with Crippen LogP contribution < -0.4 is 101 Å². The predicted molar refractivity (Wildman–Crippen MR) is 292 cm³/mol. The topological polar surface area (TPSA) is 501 Å². The van der Waals surface area contributed by atoms with E-state index in [2.05, 4.69) is 54.6 Å². The summed E-state index contributed by atoms with van der Waals surface area (Å²) in [6.45, 7) is -7.63. The first-order chi connectivity index (χ1) is 41.8. The Morgan fingerprint density at radius 1 is 0.516 bits per heavy atom. The molecule has 14 rings (SSSR count). The minimum Gasteiger partial charge on any atom is -0.780 e. The maximum absolute atomic E-state index is 15.9. The molecule has 48 heteroatoms. The molecule has 14 heterocycles. The van der Waals surface area contributed by atoms with Gasteiger partial charge in [0.25, 0.3) is 7.82 Å². The molecule has 6 saturated heterocycles.